The van der Waals surface area contributed by atoms with Gasteiger partial charge in [0.25, 0.3) is 10.0 Å². The Bertz CT molecular complexity index is 746. The lowest BCUT2D eigenvalue weighted by atomic mass is 10.3. The molecule has 0 saturated heterocycles. The fourth-order valence-electron chi connectivity index (χ4n) is 1.52. The van der Waals surface area contributed by atoms with E-state index >= 15 is 0 Å². The predicted octanol–water partition coefficient (Wildman–Crippen LogP) is 3.73. The van der Waals surface area contributed by atoms with Crippen LogP contribution in [0.2, 0.25) is 0 Å². The lowest BCUT2D eigenvalue weighted by Crippen LogP contribution is -2.15. The lowest BCUT2D eigenvalue weighted by molar-refractivity contribution is 0.571. The van der Waals surface area contributed by atoms with E-state index < -0.39 is 20.7 Å². The van der Waals surface area contributed by atoms with Gasteiger partial charge in [-0.2, -0.15) is 0 Å². The Morgan fingerprint density at radius 1 is 1.10 bits per heavy atom. The molecule has 2 aromatic carbocycles. The van der Waals surface area contributed by atoms with Gasteiger partial charge < -0.3 is 5.73 Å². The van der Waals surface area contributed by atoms with E-state index in [0.29, 0.717) is 14.6 Å². The molecular formula is C12H9Br2FN2O2S. The Hall–Kier alpha value is -1.12. The molecule has 0 spiro atoms. The van der Waals surface area contributed by atoms with Gasteiger partial charge in [0.2, 0.25) is 0 Å². The minimum atomic E-state index is -4.05. The largest absolute Gasteiger partial charge is 0.399 e. The molecule has 0 saturated carbocycles. The second-order valence-corrected chi connectivity index (χ2v) is 7.25. The normalized spacial score (nSPS) is 11.3. The molecule has 4 nitrogen and oxygen atoms in total. The Balaban J connectivity index is 2.46. The van der Waals surface area contributed by atoms with Crippen molar-refractivity contribution in [3.05, 3.63) is 51.2 Å². The van der Waals surface area contributed by atoms with Gasteiger partial charge in [-0.1, -0.05) is 6.07 Å². The Morgan fingerprint density at radius 3 is 2.25 bits per heavy atom. The van der Waals surface area contributed by atoms with Crippen molar-refractivity contribution in [1.29, 1.82) is 0 Å². The summed E-state index contributed by atoms with van der Waals surface area (Å²) in [6.45, 7) is 0. The Labute approximate surface area is 132 Å². The molecule has 0 amide bonds. The molecule has 0 unspecified atom stereocenters. The van der Waals surface area contributed by atoms with Crippen molar-refractivity contribution in [2.24, 2.45) is 0 Å². The number of halogens is 3. The van der Waals surface area contributed by atoms with Crippen LogP contribution in [0.15, 0.2) is 50.2 Å². The zero-order valence-electron chi connectivity index (χ0n) is 9.90. The van der Waals surface area contributed by atoms with E-state index in [2.05, 4.69) is 36.6 Å². The molecule has 3 N–H and O–H groups in total. The average molecular weight is 424 g/mol. The van der Waals surface area contributed by atoms with Crippen molar-refractivity contribution in [3.63, 3.8) is 0 Å². The topological polar surface area (TPSA) is 72.2 Å². The molecule has 0 radical (unpaired) electrons. The molecule has 0 heterocycles. The van der Waals surface area contributed by atoms with Crippen LogP contribution in [0, 0.1) is 5.82 Å². The van der Waals surface area contributed by atoms with Gasteiger partial charge in [0.1, 0.15) is 10.7 Å². The van der Waals surface area contributed by atoms with Crippen LogP contribution >= 0.6 is 31.9 Å². The number of benzene rings is 2. The highest BCUT2D eigenvalue weighted by Crippen LogP contribution is 2.32. The Kier molecular flexibility index (Phi) is 4.36. The van der Waals surface area contributed by atoms with Gasteiger partial charge in [0, 0.05) is 14.6 Å². The number of sulfonamides is 1. The van der Waals surface area contributed by atoms with Crippen LogP contribution in [0.4, 0.5) is 15.8 Å². The summed E-state index contributed by atoms with van der Waals surface area (Å²) < 4.78 is 41.5. The van der Waals surface area contributed by atoms with Crippen molar-refractivity contribution in [1.82, 2.24) is 0 Å². The third-order valence-electron chi connectivity index (χ3n) is 2.44. The van der Waals surface area contributed by atoms with Crippen molar-refractivity contribution in [2.75, 3.05) is 10.5 Å². The van der Waals surface area contributed by atoms with Crippen LogP contribution in [-0.2, 0) is 10.0 Å². The fraction of sp³-hybridized carbons (Fsp3) is 0. The maximum atomic E-state index is 13.7. The molecule has 0 aliphatic heterocycles. The maximum Gasteiger partial charge on any atom is 0.264 e. The number of hydrogen-bond acceptors (Lipinski definition) is 3. The van der Waals surface area contributed by atoms with Crippen LogP contribution in [0.1, 0.15) is 0 Å². The lowest BCUT2D eigenvalue weighted by Gasteiger charge is -2.12. The summed E-state index contributed by atoms with van der Waals surface area (Å²) in [5.41, 5.74) is 5.85. The summed E-state index contributed by atoms with van der Waals surface area (Å²) in [4.78, 5) is -0.464. The van der Waals surface area contributed by atoms with Gasteiger partial charge in [0.15, 0.2) is 0 Å². The standard InChI is InChI=1S/C12H9Br2FN2O2S/c13-8-2-1-3-9(14)12(8)17-20(18,19)11-5-4-7(16)6-10(11)15/h1-6,17H,16H2. The van der Waals surface area contributed by atoms with Gasteiger partial charge in [-0.15, -0.1) is 0 Å². The number of nitrogens with two attached hydrogens (primary N) is 1. The second kappa shape index (κ2) is 5.71. The second-order valence-electron chi connectivity index (χ2n) is 3.89. The molecule has 0 atom stereocenters. The minimum absolute atomic E-state index is 0.156. The van der Waals surface area contributed by atoms with Gasteiger partial charge in [-0.3, -0.25) is 4.72 Å². The molecule has 0 aromatic heterocycles. The molecule has 20 heavy (non-hydrogen) atoms. The zero-order valence-corrected chi connectivity index (χ0v) is 13.9. The number of hydrogen-bond donors (Lipinski definition) is 2. The molecule has 2 rings (SSSR count). The summed E-state index contributed by atoms with van der Waals surface area (Å²) in [6, 6.07) is 8.48. The summed E-state index contributed by atoms with van der Waals surface area (Å²) in [7, 11) is -4.05. The molecule has 0 aliphatic carbocycles. The van der Waals surface area contributed by atoms with Crippen LogP contribution in [-0.4, -0.2) is 8.42 Å². The summed E-state index contributed by atoms with van der Waals surface area (Å²) in [5.74, 6) is -0.902. The predicted molar refractivity (Wildman–Crippen MR) is 83.5 cm³/mol. The summed E-state index contributed by atoms with van der Waals surface area (Å²) in [6.07, 6.45) is 0. The van der Waals surface area contributed by atoms with Gasteiger partial charge in [-0.05, 0) is 62.2 Å². The Morgan fingerprint density at radius 2 is 1.70 bits per heavy atom. The number of nitrogens with one attached hydrogen (secondary N) is 1. The van der Waals surface area contributed by atoms with Crippen LogP contribution in [0.3, 0.4) is 0 Å². The third kappa shape index (κ3) is 3.13. The molecule has 0 bridgehead atoms. The maximum absolute atomic E-state index is 13.7. The number of anilines is 2. The molecule has 0 fully saturated rings. The van der Waals surface area contributed by atoms with E-state index in [-0.39, 0.29) is 5.69 Å². The fourth-order valence-corrected chi connectivity index (χ4v) is 4.14. The number of nitrogen functional groups attached to an aromatic ring is 1. The molecule has 0 aliphatic rings. The highest BCUT2D eigenvalue weighted by Gasteiger charge is 2.21. The van der Waals surface area contributed by atoms with E-state index in [1.807, 2.05) is 0 Å². The number of para-hydroxylation sites is 1. The highest BCUT2D eigenvalue weighted by molar-refractivity contribution is 9.11. The quantitative estimate of drug-likeness (QED) is 0.738. The van der Waals surface area contributed by atoms with Crippen molar-refractivity contribution in [2.45, 2.75) is 4.90 Å². The zero-order chi connectivity index (χ0) is 14.9. The average Bonchev–Trinajstić information content (AvgIpc) is 2.33. The van der Waals surface area contributed by atoms with Crippen molar-refractivity contribution < 1.29 is 12.8 Å². The van der Waals surface area contributed by atoms with Crippen LogP contribution < -0.4 is 10.5 Å². The third-order valence-corrected chi connectivity index (χ3v) is 5.15. The molecular weight excluding hydrogens is 415 g/mol. The van der Waals surface area contributed by atoms with E-state index in [4.69, 9.17) is 5.73 Å². The van der Waals surface area contributed by atoms with E-state index in [0.717, 1.165) is 12.1 Å². The van der Waals surface area contributed by atoms with Crippen LogP contribution in [0.5, 0.6) is 0 Å². The van der Waals surface area contributed by atoms with E-state index in [1.165, 1.54) is 6.07 Å². The molecule has 2 aromatic rings. The van der Waals surface area contributed by atoms with Gasteiger partial charge in [0.05, 0.1) is 5.69 Å². The first-order chi connectivity index (χ1) is 9.31. The summed E-state index contributed by atoms with van der Waals surface area (Å²) in [5, 5.41) is 0. The first kappa shape index (κ1) is 15.3. The smallest absolute Gasteiger partial charge is 0.264 e. The van der Waals surface area contributed by atoms with E-state index in [9.17, 15) is 12.8 Å². The number of rotatable bonds is 3. The van der Waals surface area contributed by atoms with Crippen molar-refractivity contribution >= 4 is 53.3 Å². The minimum Gasteiger partial charge on any atom is -0.399 e. The van der Waals surface area contributed by atoms with Crippen molar-refractivity contribution in [3.8, 4) is 0 Å². The van der Waals surface area contributed by atoms with Gasteiger partial charge in [-0.25, -0.2) is 12.8 Å². The molecule has 106 valence electrons. The monoisotopic (exact) mass is 422 g/mol. The SMILES string of the molecule is Nc1ccc(S(=O)(=O)Nc2c(Br)cccc2Br)c(F)c1. The first-order valence-corrected chi connectivity index (χ1v) is 8.40. The van der Waals surface area contributed by atoms with E-state index in [1.54, 1.807) is 18.2 Å². The van der Waals surface area contributed by atoms with Crippen LogP contribution in [0.25, 0.3) is 0 Å². The molecule has 8 heteroatoms. The highest BCUT2D eigenvalue weighted by atomic mass is 79.9. The summed E-state index contributed by atoms with van der Waals surface area (Å²) >= 11 is 6.46. The van der Waals surface area contributed by atoms with Gasteiger partial charge >= 0.3 is 0 Å². The first-order valence-electron chi connectivity index (χ1n) is 5.33.